The highest BCUT2D eigenvalue weighted by Gasteiger charge is 2.23. The van der Waals surface area contributed by atoms with Gasteiger partial charge >= 0.3 is 0 Å². The SMILES string of the molecule is Clc1cc2c(c(C(Br)c3csc(I)c3)c1)OCC2. The molecule has 3 rings (SSSR count). The van der Waals surface area contributed by atoms with E-state index in [1.807, 2.05) is 12.1 Å². The predicted octanol–water partition coefficient (Wildman–Crippen LogP) is 5.43. The third-order valence-corrected chi connectivity index (χ3v) is 5.98. The van der Waals surface area contributed by atoms with Gasteiger partial charge in [-0.2, -0.15) is 0 Å². The normalized spacial score (nSPS) is 15.3. The first-order chi connectivity index (χ1) is 8.65. The van der Waals surface area contributed by atoms with Crippen LogP contribution in [0.2, 0.25) is 5.02 Å². The summed E-state index contributed by atoms with van der Waals surface area (Å²) < 4.78 is 7.03. The molecule has 0 N–H and O–H groups in total. The monoisotopic (exact) mass is 454 g/mol. The summed E-state index contributed by atoms with van der Waals surface area (Å²) in [4.78, 5) is 0.141. The van der Waals surface area contributed by atoms with Gasteiger partial charge in [0.15, 0.2) is 0 Å². The zero-order valence-electron chi connectivity index (χ0n) is 9.25. The van der Waals surface area contributed by atoms with Gasteiger partial charge in [-0.05, 0) is 57.3 Å². The molecular weight excluding hydrogens is 446 g/mol. The van der Waals surface area contributed by atoms with E-state index in [1.165, 1.54) is 14.0 Å². The van der Waals surface area contributed by atoms with Crippen molar-refractivity contribution in [2.75, 3.05) is 6.61 Å². The smallest absolute Gasteiger partial charge is 0.127 e. The summed E-state index contributed by atoms with van der Waals surface area (Å²) in [5.41, 5.74) is 3.60. The summed E-state index contributed by atoms with van der Waals surface area (Å²) >= 11 is 14.0. The first kappa shape index (κ1) is 13.2. The molecule has 1 nitrogen and oxygen atoms in total. The van der Waals surface area contributed by atoms with Crippen LogP contribution < -0.4 is 4.74 Å². The Balaban J connectivity index is 2.06. The summed E-state index contributed by atoms with van der Waals surface area (Å²) in [7, 11) is 0. The van der Waals surface area contributed by atoms with Gasteiger partial charge in [-0.1, -0.05) is 27.5 Å². The molecule has 0 radical (unpaired) electrons. The second-order valence-electron chi connectivity index (χ2n) is 4.13. The molecule has 1 aromatic carbocycles. The summed E-state index contributed by atoms with van der Waals surface area (Å²) in [5.74, 6) is 1.00. The lowest BCUT2D eigenvalue weighted by atomic mass is 10.0. The molecule has 0 saturated carbocycles. The number of hydrogen-bond donors (Lipinski definition) is 0. The third kappa shape index (κ3) is 2.44. The molecule has 18 heavy (non-hydrogen) atoms. The number of alkyl halides is 1. The number of thiophene rings is 1. The Morgan fingerprint density at radius 3 is 2.94 bits per heavy atom. The molecule has 0 bridgehead atoms. The van der Waals surface area contributed by atoms with Crippen LogP contribution >= 0.6 is 61.5 Å². The van der Waals surface area contributed by atoms with E-state index in [-0.39, 0.29) is 4.83 Å². The van der Waals surface area contributed by atoms with Crippen molar-refractivity contribution in [3.8, 4) is 5.75 Å². The van der Waals surface area contributed by atoms with Crippen LogP contribution in [0.25, 0.3) is 0 Å². The second kappa shape index (κ2) is 5.31. The molecule has 1 aliphatic heterocycles. The number of benzene rings is 1. The number of ether oxygens (including phenoxy) is 1. The fourth-order valence-electron chi connectivity index (χ4n) is 2.12. The minimum Gasteiger partial charge on any atom is -0.493 e. The van der Waals surface area contributed by atoms with E-state index in [9.17, 15) is 0 Å². The van der Waals surface area contributed by atoms with Crippen molar-refractivity contribution in [3.63, 3.8) is 0 Å². The van der Waals surface area contributed by atoms with Crippen molar-refractivity contribution in [1.29, 1.82) is 0 Å². The highest BCUT2D eigenvalue weighted by molar-refractivity contribution is 14.1. The van der Waals surface area contributed by atoms with Crippen LogP contribution in [0.5, 0.6) is 5.75 Å². The van der Waals surface area contributed by atoms with Gasteiger partial charge in [-0.25, -0.2) is 0 Å². The zero-order valence-corrected chi connectivity index (χ0v) is 14.6. The highest BCUT2D eigenvalue weighted by atomic mass is 127. The Morgan fingerprint density at radius 2 is 2.22 bits per heavy atom. The topological polar surface area (TPSA) is 9.23 Å². The average Bonchev–Trinajstić information content (AvgIpc) is 2.95. The molecule has 1 aromatic heterocycles. The molecule has 0 spiro atoms. The zero-order chi connectivity index (χ0) is 12.7. The lowest BCUT2D eigenvalue weighted by molar-refractivity contribution is 0.354. The third-order valence-electron chi connectivity index (χ3n) is 2.93. The van der Waals surface area contributed by atoms with Crippen LogP contribution in [0.4, 0.5) is 0 Å². The van der Waals surface area contributed by atoms with Crippen molar-refractivity contribution in [3.05, 3.63) is 48.2 Å². The minimum absolute atomic E-state index is 0.141. The van der Waals surface area contributed by atoms with E-state index < -0.39 is 0 Å². The Hall–Kier alpha value is 0.220. The summed E-state index contributed by atoms with van der Waals surface area (Å²) in [6.07, 6.45) is 0.948. The highest BCUT2D eigenvalue weighted by Crippen LogP contribution is 2.43. The Morgan fingerprint density at radius 1 is 1.39 bits per heavy atom. The van der Waals surface area contributed by atoms with Gasteiger partial charge < -0.3 is 4.74 Å². The molecule has 1 aliphatic rings. The number of fused-ring (bicyclic) bond motifs is 1. The van der Waals surface area contributed by atoms with Crippen LogP contribution in [0.3, 0.4) is 0 Å². The average molecular weight is 456 g/mol. The number of hydrogen-bond acceptors (Lipinski definition) is 2. The van der Waals surface area contributed by atoms with Crippen molar-refractivity contribution in [1.82, 2.24) is 0 Å². The maximum absolute atomic E-state index is 6.19. The van der Waals surface area contributed by atoms with E-state index in [0.717, 1.165) is 29.4 Å². The van der Waals surface area contributed by atoms with Gasteiger partial charge in [0.05, 0.1) is 14.3 Å². The molecule has 1 unspecified atom stereocenters. The fourth-order valence-corrected chi connectivity index (χ4v) is 4.55. The van der Waals surface area contributed by atoms with E-state index >= 15 is 0 Å². The van der Waals surface area contributed by atoms with Gasteiger partial charge in [0.25, 0.3) is 0 Å². The number of halogens is 3. The fraction of sp³-hybridized carbons (Fsp3) is 0.231. The van der Waals surface area contributed by atoms with Crippen LogP contribution in [0, 0.1) is 2.88 Å². The summed E-state index contributed by atoms with van der Waals surface area (Å²) in [5, 5.41) is 2.95. The van der Waals surface area contributed by atoms with Crippen molar-refractivity contribution >= 4 is 61.5 Å². The molecule has 94 valence electrons. The quantitative estimate of drug-likeness (QED) is 0.434. The summed E-state index contributed by atoms with van der Waals surface area (Å²) in [6, 6.07) is 6.19. The lowest BCUT2D eigenvalue weighted by Crippen LogP contribution is -1.96. The van der Waals surface area contributed by atoms with Gasteiger partial charge in [0.2, 0.25) is 0 Å². The maximum atomic E-state index is 6.19. The van der Waals surface area contributed by atoms with E-state index in [4.69, 9.17) is 16.3 Å². The largest absolute Gasteiger partial charge is 0.493 e. The first-order valence-electron chi connectivity index (χ1n) is 5.48. The molecular formula is C13H9BrClIOS. The van der Waals surface area contributed by atoms with Gasteiger partial charge in [0.1, 0.15) is 5.75 Å². The van der Waals surface area contributed by atoms with Gasteiger partial charge in [-0.3, -0.25) is 0 Å². The summed E-state index contributed by atoms with van der Waals surface area (Å²) in [6.45, 7) is 0.754. The van der Waals surface area contributed by atoms with E-state index in [0.29, 0.717) is 0 Å². The van der Waals surface area contributed by atoms with Crippen molar-refractivity contribution in [2.24, 2.45) is 0 Å². The van der Waals surface area contributed by atoms with Gasteiger partial charge in [-0.15, -0.1) is 11.3 Å². The van der Waals surface area contributed by atoms with Gasteiger partial charge in [0, 0.05) is 17.0 Å². The Bertz CT molecular complexity index is 599. The van der Waals surface area contributed by atoms with Crippen LogP contribution in [0.1, 0.15) is 21.5 Å². The molecule has 5 heteroatoms. The van der Waals surface area contributed by atoms with Crippen LogP contribution in [-0.4, -0.2) is 6.61 Å². The van der Waals surface area contributed by atoms with Crippen LogP contribution in [0.15, 0.2) is 23.6 Å². The first-order valence-corrected chi connectivity index (χ1v) is 8.73. The standard InChI is InChI=1S/C13H9BrClIOS/c14-12(8-4-11(16)18-6-8)10-5-9(15)3-7-1-2-17-13(7)10/h3-6,12H,1-2H2. The molecule has 0 amide bonds. The minimum atomic E-state index is 0.141. The molecule has 1 atom stereocenters. The Kier molecular flexibility index (Phi) is 3.90. The maximum Gasteiger partial charge on any atom is 0.127 e. The van der Waals surface area contributed by atoms with Crippen molar-refractivity contribution in [2.45, 2.75) is 11.2 Å². The lowest BCUT2D eigenvalue weighted by Gasteiger charge is -2.13. The Labute approximate surface area is 137 Å². The number of rotatable bonds is 2. The van der Waals surface area contributed by atoms with E-state index in [1.54, 1.807) is 11.3 Å². The van der Waals surface area contributed by atoms with Crippen LogP contribution in [-0.2, 0) is 6.42 Å². The predicted molar refractivity (Wildman–Crippen MR) is 88.5 cm³/mol. The molecule has 0 saturated heterocycles. The molecule has 2 aromatic rings. The molecule has 0 aliphatic carbocycles. The van der Waals surface area contributed by atoms with Crippen molar-refractivity contribution < 1.29 is 4.74 Å². The molecule has 0 fully saturated rings. The second-order valence-corrected chi connectivity index (χ2v) is 8.29. The van der Waals surface area contributed by atoms with E-state index in [2.05, 4.69) is 50.0 Å². The molecule has 2 heterocycles.